The van der Waals surface area contributed by atoms with E-state index in [0.717, 1.165) is 109 Å². The van der Waals surface area contributed by atoms with Crippen molar-refractivity contribution in [1.82, 2.24) is 0 Å². The van der Waals surface area contributed by atoms with Crippen LogP contribution in [0.2, 0.25) is 0 Å². The molecular formula is C68H132O17P2. The van der Waals surface area contributed by atoms with Crippen LogP contribution in [0, 0.1) is 5.92 Å². The van der Waals surface area contributed by atoms with Crippen LogP contribution in [0.5, 0.6) is 0 Å². The van der Waals surface area contributed by atoms with Crippen LogP contribution in [0.3, 0.4) is 0 Å². The van der Waals surface area contributed by atoms with Crippen molar-refractivity contribution in [3.05, 3.63) is 0 Å². The van der Waals surface area contributed by atoms with E-state index in [-0.39, 0.29) is 25.7 Å². The van der Waals surface area contributed by atoms with Crippen molar-refractivity contribution in [3.8, 4) is 0 Å². The van der Waals surface area contributed by atoms with Crippen molar-refractivity contribution >= 4 is 39.5 Å². The second-order valence-electron chi connectivity index (χ2n) is 25.0. The molecule has 0 aromatic carbocycles. The fourth-order valence-electron chi connectivity index (χ4n) is 10.3. The van der Waals surface area contributed by atoms with E-state index in [2.05, 4.69) is 34.6 Å². The molecule has 3 N–H and O–H groups in total. The van der Waals surface area contributed by atoms with Gasteiger partial charge in [-0.05, 0) is 31.6 Å². The molecule has 0 aromatic heterocycles. The molecule has 0 aliphatic heterocycles. The molecule has 0 saturated heterocycles. The Balaban J connectivity index is 5.21. The zero-order valence-electron chi connectivity index (χ0n) is 56.2. The lowest BCUT2D eigenvalue weighted by Gasteiger charge is -2.21. The van der Waals surface area contributed by atoms with Crippen molar-refractivity contribution in [2.75, 3.05) is 39.6 Å². The largest absolute Gasteiger partial charge is 0.472 e. The zero-order valence-corrected chi connectivity index (χ0v) is 57.9. The molecule has 0 spiro atoms. The molecule has 0 heterocycles. The lowest BCUT2D eigenvalue weighted by atomic mass is 10.0. The molecule has 0 fully saturated rings. The number of aliphatic hydroxyl groups excluding tert-OH is 1. The summed E-state index contributed by atoms with van der Waals surface area (Å²) in [6, 6.07) is 0. The van der Waals surface area contributed by atoms with Gasteiger partial charge in [0.1, 0.15) is 19.3 Å². The van der Waals surface area contributed by atoms with Gasteiger partial charge in [-0.2, -0.15) is 0 Å². The van der Waals surface area contributed by atoms with E-state index >= 15 is 0 Å². The summed E-state index contributed by atoms with van der Waals surface area (Å²) in [5, 5.41) is 10.6. The van der Waals surface area contributed by atoms with Crippen LogP contribution in [0.4, 0.5) is 0 Å². The number of carbonyl (C=O) groups is 4. The summed E-state index contributed by atoms with van der Waals surface area (Å²) >= 11 is 0. The van der Waals surface area contributed by atoms with Crippen molar-refractivity contribution in [2.45, 2.75) is 368 Å². The monoisotopic (exact) mass is 1280 g/mol. The number of esters is 4. The highest BCUT2D eigenvalue weighted by Crippen LogP contribution is 2.45. The molecule has 0 aliphatic carbocycles. The predicted molar refractivity (Wildman–Crippen MR) is 349 cm³/mol. The first kappa shape index (κ1) is 85.1. The fraction of sp³-hybridized carbons (Fsp3) is 0.941. The van der Waals surface area contributed by atoms with E-state index in [0.29, 0.717) is 25.7 Å². The standard InChI is InChI=1S/C68H132O17P2/c1-6-9-12-15-18-20-22-23-24-29-32-37-42-47-52-66(71)79-58-64(85-68(73)54-49-44-39-34-30-26-25-28-31-36-40-45-50-61(4)5)60-83-87(76,77)81-56-62(69)55-80-86(74,75)82-59-63(57-78-65(70)51-46-41-35-17-14-11-8-3)84-67(72)53-48-43-38-33-27-21-19-16-13-10-7-2/h61-64,69H,6-60H2,1-5H3,(H,74,75)(H,76,77)/t62-,63+,64+/m0/s1. The third kappa shape index (κ3) is 62.6. The van der Waals surface area contributed by atoms with Gasteiger partial charge in [0.15, 0.2) is 12.2 Å². The van der Waals surface area contributed by atoms with Gasteiger partial charge in [0.05, 0.1) is 26.4 Å². The molecule has 0 radical (unpaired) electrons. The summed E-state index contributed by atoms with van der Waals surface area (Å²) in [6.07, 6.45) is 47.2. The molecule has 17 nitrogen and oxygen atoms in total. The summed E-state index contributed by atoms with van der Waals surface area (Å²) < 4.78 is 68.1. The van der Waals surface area contributed by atoms with Crippen LogP contribution in [-0.2, 0) is 65.4 Å². The summed E-state index contributed by atoms with van der Waals surface area (Å²) in [7, 11) is -9.89. The second-order valence-corrected chi connectivity index (χ2v) is 27.9. The van der Waals surface area contributed by atoms with Crippen molar-refractivity contribution < 1.29 is 80.2 Å². The first-order valence-electron chi connectivity index (χ1n) is 35.6. The van der Waals surface area contributed by atoms with Crippen LogP contribution in [0.15, 0.2) is 0 Å². The van der Waals surface area contributed by atoms with E-state index in [4.69, 9.17) is 37.0 Å². The first-order valence-corrected chi connectivity index (χ1v) is 38.6. The van der Waals surface area contributed by atoms with Gasteiger partial charge in [-0.1, -0.05) is 298 Å². The maximum atomic E-state index is 13.0. The molecule has 87 heavy (non-hydrogen) atoms. The highest BCUT2D eigenvalue weighted by atomic mass is 31.2. The van der Waals surface area contributed by atoms with Crippen LogP contribution < -0.4 is 0 Å². The Kier molecular flexibility index (Phi) is 60.2. The van der Waals surface area contributed by atoms with Gasteiger partial charge in [0.25, 0.3) is 0 Å². The zero-order chi connectivity index (χ0) is 64.2. The maximum Gasteiger partial charge on any atom is 0.472 e. The fourth-order valence-corrected chi connectivity index (χ4v) is 11.9. The van der Waals surface area contributed by atoms with Crippen molar-refractivity contribution in [1.29, 1.82) is 0 Å². The minimum absolute atomic E-state index is 0.107. The van der Waals surface area contributed by atoms with E-state index in [1.54, 1.807) is 0 Å². The molecule has 0 rings (SSSR count). The average Bonchev–Trinajstić information content (AvgIpc) is 3.56. The highest BCUT2D eigenvalue weighted by Gasteiger charge is 2.30. The summed E-state index contributed by atoms with van der Waals surface area (Å²) in [5.41, 5.74) is 0. The number of rotatable bonds is 68. The molecule has 2 unspecified atom stereocenters. The Hall–Kier alpha value is -1.94. The summed E-state index contributed by atoms with van der Waals surface area (Å²) in [6.45, 7) is 7.20. The Morgan fingerprint density at radius 1 is 0.310 bits per heavy atom. The lowest BCUT2D eigenvalue weighted by Crippen LogP contribution is -2.30. The number of carbonyl (C=O) groups excluding carboxylic acids is 4. The Morgan fingerprint density at radius 3 is 0.782 bits per heavy atom. The van der Waals surface area contributed by atoms with Gasteiger partial charge in [-0.3, -0.25) is 37.3 Å². The number of unbranched alkanes of at least 4 members (excludes halogenated alkanes) is 40. The maximum absolute atomic E-state index is 13.0. The van der Waals surface area contributed by atoms with Crippen LogP contribution in [0.25, 0.3) is 0 Å². The van der Waals surface area contributed by atoms with Crippen molar-refractivity contribution in [3.63, 3.8) is 0 Å². The smallest absolute Gasteiger partial charge is 0.462 e. The summed E-state index contributed by atoms with van der Waals surface area (Å²) in [4.78, 5) is 72.3. The van der Waals surface area contributed by atoms with E-state index < -0.39 is 97.5 Å². The highest BCUT2D eigenvalue weighted by molar-refractivity contribution is 7.47. The van der Waals surface area contributed by atoms with Crippen LogP contribution >= 0.6 is 15.6 Å². The lowest BCUT2D eigenvalue weighted by molar-refractivity contribution is -0.161. The topological polar surface area (TPSA) is 237 Å². The van der Waals surface area contributed by atoms with E-state index in [1.165, 1.54) is 161 Å². The quantitative estimate of drug-likeness (QED) is 0.0222. The minimum Gasteiger partial charge on any atom is -0.462 e. The average molecular weight is 1280 g/mol. The normalized spacial score (nSPS) is 14.1. The Bertz CT molecular complexity index is 1690. The molecule has 0 amide bonds. The molecule has 5 atom stereocenters. The third-order valence-electron chi connectivity index (χ3n) is 15.8. The molecule has 0 saturated carbocycles. The van der Waals surface area contributed by atoms with Gasteiger partial charge < -0.3 is 33.8 Å². The number of hydrogen-bond donors (Lipinski definition) is 3. The molecule has 19 heteroatoms. The van der Waals surface area contributed by atoms with E-state index in [1.807, 2.05) is 0 Å². The molecular weight excluding hydrogens is 1150 g/mol. The van der Waals surface area contributed by atoms with Gasteiger partial charge in [0, 0.05) is 25.7 Å². The molecule has 516 valence electrons. The van der Waals surface area contributed by atoms with Gasteiger partial charge in [0.2, 0.25) is 0 Å². The molecule has 0 bridgehead atoms. The van der Waals surface area contributed by atoms with Crippen LogP contribution in [-0.4, -0.2) is 96.7 Å². The van der Waals surface area contributed by atoms with Gasteiger partial charge in [-0.25, -0.2) is 9.13 Å². The number of hydrogen-bond acceptors (Lipinski definition) is 15. The number of phosphoric acid groups is 2. The van der Waals surface area contributed by atoms with Crippen LogP contribution in [0.1, 0.15) is 349 Å². The second kappa shape index (κ2) is 61.6. The van der Waals surface area contributed by atoms with E-state index in [9.17, 15) is 43.2 Å². The first-order chi connectivity index (χ1) is 42.0. The molecule has 0 aromatic rings. The number of phosphoric ester groups is 2. The Labute approximate surface area is 530 Å². The minimum atomic E-state index is -4.95. The molecule has 0 aliphatic rings. The van der Waals surface area contributed by atoms with Crippen molar-refractivity contribution in [2.24, 2.45) is 5.92 Å². The number of aliphatic hydroxyl groups is 1. The third-order valence-corrected chi connectivity index (χ3v) is 17.7. The number of ether oxygens (including phenoxy) is 4. The van der Waals surface area contributed by atoms with Gasteiger partial charge in [-0.15, -0.1) is 0 Å². The predicted octanol–water partition coefficient (Wildman–Crippen LogP) is 19.4. The van der Waals surface area contributed by atoms with Gasteiger partial charge >= 0.3 is 39.5 Å². The Morgan fingerprint density at radius 2 is 0.529 bits per heavy atom. The summed E-state index contributed by atoms with van der Waals surface area (Å²) in [5.74, 6) is -1.35. The SMILES string of the molecule is CCCCCCCCCCCCCCCCC(=O)OC[C@H](COP(=O)(O)OC[C@@H](O)COP(=O)(O)OC[C@@H](COC(=O)CCCCCCCCC)OC(=O)CCCCCCCCCCCCC)OC(=O)CCCCCCCCCCCCCCC(C)C.